The lowest BCUT2D eigenvalue weighted by molar-refractivity contribution is -0.139. The number of piperidine rings is 2. The fraction of sp³-hybridized carbons (Fsp3) is 0.500. The van der Waals surface area contributed by atoms with Crippen LogP contribution in [0.4, 0.5) is 0 Å². The number of carbonyl (C=O) groups is 2. The Kier molecular flexibility index (Phi) is 10.0. The number of hydrogen-bond donors (Lipinski definition) is 1. The van der Waals surface area contributed by atoms with Gasteiger partial charge in [0.25, 0.3) is 5.91 Å². The number of ether oxygens (including phenoxy) is 2. The van der Waals surface area contributed by atoms with Crippen LogP contribution in [0.3, 0.4) is 0 Å². The highest BCUT2D eigenvalue weighted by atomic mass is 32.2. The van der Waals surface area contributed by atoms with Crippen LogP contribution in [-0.4, -0.2) is 74.5 Å². The molecule has 3 atom stereocenters. The third-order valence-electron chi connectivity index (χ3n) is 7.82. The Morgan fingerprint density at radius 3 is 2.41 bits per heavy atom. The summed E-state index contributed by atoms with van der Waals surface area (Å²) < 4.78 is 38.8. The molecule has 2 aliphatic rings. The van der Waals surface area contributed by atoms with Gasteiger partial charge in [-0.05, 0) is 88.8 Å². The normalized spacial score (nSPS) is 22.0. The minimum Gasteiger partial charge on any atom is -0.493 e. The molecular weight excluding hydrogens is 544 g/mol. The summed E-state index contributed by atoms with van der Waals surface area (Å²) in [6.45, 7) is 6.44. The molecule has 10 nitrogen and oxygen atoms in total. The maximum Gasteiger partial charge on any atom is 0.260 e. The molecule has 0 unspecified atom stereocenters. The Morgan fingerprint density at radius 1 is 1.02 bits per heavy atom. The molecule has 2 fully saturated rings. The minimum atomic E-state index is -3.68. The quantitative estimate of drug-likeness (QED) is 0.355. The number of likely N-dealkylation sites (tertiary alicyclic amines) is 1. The molecule has 2 saturated heterocycles. The highest BCUT2D eigenvalue weighted by molar-refractivity contribution is 7.89. The second-order valence-electron chi connectivity index (χ2n) is 10.9. The largest absolute Gasteiger partial charge is 0.493 e. The Hall–Kier alpha value is -3.44. The van der Waals surface area contributed by atoms with Gasteiger partial charge in [0.2, 0.25) is 15.9 Å². The second kappa shape index (κ2) is 13.5. The Labute approximate surface area is 242 Å². The van der Waals surface area contributed by atoms with Crippen molar-refractivity contribution in [1.29, 1.82) is 0 Å². The molecule has 2 heterocycles. The lowest BCUT2D eigenvalue weighted by Gasteiger charge is -2.39. The molecule has 0 bridgehead atoms. The first kappa shape index (κ1) is 30.5. The van der Waals surface area contributed by atoms with E-state index in [2.05, 4.69) is 24.4 Å². The number of nitrogens with one attached hydrogen (secondary N) is 1. The number of nitrogens with zero attached hydrogens (tertiary/aromatic N) is 3. The van der Waals surface area contributed by atoms with Crippen LogP contribution in [0.5, 0.6) is 11.5 Å². The monoisotopic (exact) mass is 584 g/mol. The third-order valence-corrected chi connectivity index (χ3v) is 9.70. The third kappa shape index (κ3) is 7.45. The van der Waals surface area contributed by atoms with Crippen molar-refractivity contribution in [3.63, 3.8) is 0 Å². The molecule has 0 aromatic heterocycles. The van der Waals surface area contributed by atoms with Crippen LogP contribution in [0.15, 0.2) is 52.5 Å². The van der Waals surface area contributed by atoms with Gasteiger partial charge in [-0.15, -0.1) is 0 Å². The fourth-order valence-corrected chi connectivity index (χ4v) is 7.03. The first-order chi connectivity index (χ1) is 19.6. The van der Waals surface area contributed by atoms with Crippen molar-refractivity contribution < 1.29 is 27.5 Å². The first-order valence-electron chi connectivity index (χ1n) is 14.1. The average Bonchev–Trinajstić information content (AvgIpc) is 2.96. The molecule has 2 aromatic rings. The first-order valence-corrected chi connectivity index (χ1v) is 15.6. The van der Waals surface area contributed by atoms with Gasteiger partial charge in [0.05, 0.1) is 24.1 Å². The molecule has 0 spiro atoms. The van der Waals surface area contributed by atoms with Crippen molar-refractivity contribution in [1.82, 2.24) is 14.6 Å². The zero-order valence-electron chi connectivity index (χ0n) is 24.2. The molecule has 0 saturated carbocycles. The van der Waals surface area contributed by atoms with Crippen molar-refractivity contribution in [3.05, 3.63) is 53.6 Å². The second-order valence-corrected chi connectivity index (χ2v) is 12.8. The van der Waals surface area contributed by atoms with Crippen LogP contribution in [0.2, 0.25) is 0 Å². The van der Waals surface area contributed by atoms with Gasteiger partial charge >= 0.3 is 0 Å². The van der Waals surface area contributed by atoms with Crippen LogP contribution < -0.4 is 14.9 Å². The summed E-state index contributed by atoms with van der Waals surface area (Å²) in [4.78, 5) is 27.8. The lowest BCUT2D eigenvalue weighted by atomic mass is 9.97. The molecule has 0 aliphatic carbocycles. The van der Waals surface area contributed by atoms with E-state index < -0.39 is 15.9 Å². The summed E-state index contributed by atoms with van der Waals surface area (Å²) in [5.74, 6) is -0.00694. The summed E-state index contributed by atoms with van der Waals surface area (Å²) in [5, 5.41) is 4.08. The molecule has 41 heavy (non-hydrogen) atoms. The standard InChI is InChI=1S/C30H40N4O6S/c1-21-10-13-26(14-11-21)41(37,38)33-16-6-9-25(19-33)30(36)32-31-18-24-12-15-27(28(17-24)39-4)40-20-29(35)34-22(2)7-5-8-23(34)3/h10-15,17-18,22-23,25H,5-9,16,19-20H2,1-4H3,(H,32,36)/b31-18-/t22-,23+,25-/m1/s1. The van der Waals surface area contributed by atoms with Gasteiger partial charge < -0.3 is 14.4 Å². The molecule has 222 valence electrons. The van der Waals surface area contributed by atoms with E-state index in [1.165, 1.54) is 17.6 Å². The summed E-state index contributed by atoms with van der Waals surface area (Å²) in [5.41, 5.74) is 4.18. The number of aryl methyl sites for hydroxylation is 1. The highest BCUT2D eigenvalue weighted by Gasteiger charge is 2.33. The van der Waals surface area contributed by atoms with Crippen molar-refractivity contribution >= 4 is 28.1 Å². The summed E-state index contributed by atoms with van der Waals surface area (Å²) in [6.07, 6.45) is 5.76. The summed E-state index contributed by atoms with van der Waals surface area (Å²) >= 11 is 0. The van der Waals surface area contributed by atoms with Gasteiger partial charge in [-0.1, -0.05) is 17.7 Å². The molecule has 0 radical (unpaired) electrons. The number of methoxy groups -OCH3 is 1. The van der Waals surface area contributed by atoms with E-state index in [0.717, 1.165) is 24.8 Å². The number of carbonyl (C=O) groups excluding carboxylic acids is 2. The van der Waals surface area contributed by atoms with Gasteiger partial charge in [0, 0.05) is 25.2 Å². The summed E-state index contributed by atoms with van der Waals surface area (Å²) in [6, 6.07) is 12.3. The number of benzene rings is 2. The van der Waals surface area contributed by atoms with E-state index in [1.807, 2.05) is 11.8 Å². The average molecular weight is 585 g/mol. The number of amides is 2. The fourth-order valence-electron chi connectivity index (χ4n) is 5.51. The Morgan fingerprint density at radius 2 is 1.73 bits per heavy atom. The number of hydrazone groups is 1. The predicted octanol–water partition coefficient (Wildman–Crippen LogP) is 3.72. The molecule has 4 rings (SSSR count). The smallest absolute Gasteiger partial charge is 0.260 e. The number of rotatable bonds is 9. The van der Waals surface area contributed by atoms with E-state index in [0.29, 0.717) is 36.4 Å². The molecular formula is C30H40N4O6S. The van der Waals surface area contributed by atoms with Crippen LogP contribution in [-0.2, 0) is 19.6 Å². The molecule has 2 aromatic carbocycles. The van der Waals surface area contributed by atoms with Crippen molar-refractivity contribution in [3.8, 4) is 11.5 Å². The van der Waals surface area contributed by atoms with Gasteiger partial charge in [-0.25, -0.2) is 13.8 Å². The number of sulfonamides is 1. The zero-order chi connectivity index (χ0) is 29.6. The topological polar surface area (TPSA) is 118 Å². The van der Waals surface area contributed by atoms with Crippen molar-refractivity contribution in [2.24, 2.45) is 11.0 Å². The van der Waals surface area contributed by atoms with Gasteiger partial charge in [0.1, 0.15) is 0 Å². The van der Waals surface area contributed by atoms with Crippen molar-refractivity contribution in [2.45, 2.75) is 69.9 Å². The molecule has 2 amide bonds. The van der Waals surface area contributed by atoms with Crippen LogP contribution in [0.25, 0.3) is 0 Å². The molecule has 11 heteroatoms. The van der Waals surface area contributed by atoms with Crippen LogP contribution in [0.1, 0.15) is 57.1 Å². The Bertz CT molecular complexity index is 1350. The predicted molar refractivity (Wildman–Crippen MR) is 157 cm³/mol. The van der Waals surface area contributed by atoms with Crippen molar-refractivity contribution in [2.75, 3.05) is 26.8 Å². The zero-order valence-corrected chi connectivity index (χ0v) is 25.0. The minimum absolute atomic E-state index is 0.0481. The Balaban J connectivity index is 1.32. The van der Waals surface area contributed by atoms with Crippen LogP contribution in [0, 0.1) is 12.8 Å². The number of hydrogen-bond acceptors (Lipinski definition) is 7. The van der Waals surface area contributed by atoms with E-state index >= 15 is 0 Å². The molecule has 1 N–H and O–H groups in total. The van der Waals surface area contributed by atoms with E-state index in [1.54, 1.807) is 42.5 Å². The van der Waals surface area contributed by atoms with Gasteiger partial charge in [0.15, 0.2) is 18.1 Å². The van der Waals surface area contributed by atoms with E-state index in [9.17, 15) is 18.0 Å². The highest BCUT2D eigenvalue weighted by Crippen LogP contribution is 2.29. The SMILES string of the molecule is COc1cc(/C=N\NC(=O)[C@@H]2CCCN(S(=O)(=O)c3ccc(C)cc3)C2)ccc1OCC(=O)N1[C@H](C)CCC[C@@H]1C. The van der Waals surface area contributed by atoms with E-state index in [4.69, 9.17) is 9.47 Å². The summed E-state index contributed by atoms with van der Waals surface area (Å²) in [7, 11) is -2.16. The molecule has 2 aliphatic heterocycles. The van der Waals surface area contributed by atoms with Gasteiger partial charge in [-0.3, -0.25) is 9.59 Å². The van der Waals surface area contributed by atoms with E-state index in [-0.39, 0.29) is 41.9 Å². The lowest BCUT2D eigenvalue weighted by Crippen LogP contribution is -2.49. The van der Waals surface area contributed by atoms with Gasteiger partial charge in [-0.2, -0.15) is 9.41 Å². The van der Waals surface area contributed by atoms with Crippen LogP contribution >= 0.6 is 0 Å². The maximum absolute atomic E-state index is 13.1. The maximum atomic E-state index is 13.1.